The van der Waals surface area contributed by atoms with Crippen LogP contribution in [0.15, 0.2) is 24.3 Å². The van der Waals surface area contributed by atoms with Gasteiger partial charge in [0.2, 0.25) is 5.91 Å². The van der Waals surface area contributed by atoms with E-state index in [-0.39, 0.29) is 18.2 Å². The van der Waals surface area contributed by atoms with Gasteiger partial charge in [0.15, 0.2) is 11.2 Å². The van der Waals surface area contributed by atoms with Crippen LogP contribution in [0.5, 0.6) is 5.75 Å². The third-order valence-electron chi connectivity index (χ3n) is 3.91. The highest BCUT2D eigenvalue weighted by atomic mass is 32.1. The van der Waals surface area contributed by atoms with Crippen molar-refractivity contribution in [3.05, 3.63) is 34.8 Å². The molecule has 2 heterocycles. The van der Waals surface area contributed by atoms with E-state index in [2.05, 4.69) is 10.3 Å². The molecule has 0 bridgehead atoms. The van der Waals surface area contributed by atoms with E-state index in [0.29, 0.717) is 23.1 Å². The third-order valence-corrected chi connectivity index (χ3v) is 4.90. The third kappa shape index (κ3) is 3.26. The van der Waals surface area contributed by atoms with Gasteiger partial charge in [0.1, 0.15) is 5.75 Å². The molecule has 1 aromatic heterocycles. The number of rotatable bonds is 4. The minimum Gasteiger partial charge on any atom is -0.479 e. The van der Waals surface area contributed by atoms with E-state index in [1.165, 1.54) is 11.3 Å². The summed E-state index contributed by atoms with van der Waals surface area (Å²) in [6.07, 6.45) is -0.350. The zero-order valence-electron chi connectivity index (χ0n) is 13.8. The molecule has 1 atom stereocenters. The highest BCUT2D eigenvalue weighted by molar-refractivity contribution is 7.15. The molecule has 1 N–H and O–H groups in total. The second-order valence-corrected chi connectivity index (χ2v) is 6.88. The molecule has 0 fully saturated rings. The predicted octanol–water partition coefficient (Wildman–Crippen LogP) is 2.90. The number of carbonyl (C=O) groups is 2. The molecule has 0 aliphatic carbocycles. The Morgan fingerprint density at radius 1 is 1.38 bits per heavy atom. The molecule has 7 heteroatoms. The summed E-state index contributed by atoms with van der Waals surface area (Å²) >= 11 is 1.45. The number of aryl methyl sites for hydroxylation is 2. The van der Waals surface area contributed by atoms with Crippen molar-refractivity contribution in [3.8, 4) is 5.75 Å². The van der Waals surface area contributed by atoms with Crippen molar-refractivity contribution in [2.45, 2.75) is 33.3 Å². The summed E-state index contributed by atoms with van der Waals surface area (Å²) in [6, 6.07) is 7.36. The Hall–Kier alpha value is -2.41. The van der Waals surface area contributed by atoms with Gasteiger partial charge in [-0.15, -0.1) is 11.3 Å². The van der Waals surface area contributed by atoms with E-state index in [1.54, 1.807) is 11.8 Å². The van der Waals surface area contributed by atoms with Crippen molar-refractivity contribution >= 4 is 34.0 Å². The molecular weight excluding hydrogens is 326 g/mol. The average Bonchev–Trinajstić information content (AvgIpc) is 2.85. The second-order valence-electron chi connectivity index (χ2n) is 5.68. The summed E-state index contributed by atoms with van der Waals surface area (Å²) in [5, 5.41) is 3.39. The number of hydrogen-bond acceptors (Lipinski definition) is 5. The van der Waals surface area contributed by atoms with E-state index >= 15 is 0 Å². The first-order chi connectivity index (χ1) is 11.5. The zero-order chi connectivity index (χ0) is 17.3. The average molecular weight is 345 g/mol. The lowest BCUT2D eigenvalue weighted by Gasteiger charge is -2.32. The van der Waals surface area contributed by atoms with E-state index in [1.807, 2.05) is 38.1 Å². The summed E-state index contributed by atoms with van der Waals surface area (Å²) in [5.74, 6) is 0.367. The van der Waals surface area contributed by atoms with Gasteiger partial charge in [-0.1, -0.05) is 12.1 Å². The van der Waals surface area contributed by atoms with Crippen LogP contribution in [-0.4, -0.2) is 29.4 Å². The van der Waals surface area contributed by atoms with Gasteiger partial charge in [-0.2, -0.15) is 0 Å². The largest absolute Gasteiger partial charge is 0.479 e. The number of nitrogens with one attached hydrogen (secondary N) is 1. The molecule has 0 spiro atoms. The van der Waals surface area contributed by atoms with Crippen LogP contribution >= 0.6 is 11.3 Å². The first kappa shape index (κ1) is 16.4. The van der Waals surface area contributed by atoms with Gasteiger partial charge >= 0.3 is 0 Å². The number of fused-ring (bicyclic) bond motifs is 1. The van der Waals surface area contributed by atoms with Gasteiger partial charge in [0.05, 0.1) is 11.4 Å². The van der Waals surface area contributed by atoms with E-state index in [9.17, 15) is 9.59 Å². The van der Waals surface area contributed by atoms with Crippen LogP contribution in [-0.2, 0) is 9.59 Å². The quantitative estimate of drug-likeness (QED) is 0.925. The van der Waals surface area contributed by atoms with Crippen LogP contribution in [0.3, 0.4) is 0 Å². The predicted molar refractivity (Wildman–Crippen MR) is 93.7 cm³/mol. The maximum absolute atomic E-state index is 12.4. The first-order valence-electron chi connectivity index (χ1n) is 7.76. The molecule has 1 aromatic carbocycles. The molecular formula is C17H19N3O3S. The Morgan fingerprint density at radius 2 is 2.12 bits per heavy atom. The van der Waals surface area contributed by atoms with Gasteiger partial charge in [-0.05, 0) is 32.9 Å². The number of carbonyl (C=O) groups excluding carboxylic acids is 2. The van der Waals surface area contributed by atoms with Crippen molar-refractivity contribution in [1.29, 1.82) is 0 Å². The summed E-state index contributed by atoms with van der Waals surface area (Å²) < 4.78 is 5.59. The number of hydrogen-bond donors (Lipinski definition) is 1. The molecule has 2 aromatic rings. The first-order valence-corrected chi connectivity index (χ1v) is 8.58. The summed E-state index contributed by atoms with van der Waals surface area (Å²) in [4.78, 5) is 31.5. The van der Waals surface area contributed by atoms with Crippen LogP contribution < -0.4 is 15.0 Å². The van der Waals surface area contributed by atoms with Crippen molar-refractivity contribution in [3.63, 3.8) is 0 Å². The second kappa shape index (κ2) is 6.60. The minimum absolute atomic E-state index is 0.137. The lowest BCUT2D eigenvalue weighted by molar-refractivity contribution is -0.125. The van der Waals surface area contributed by atoms with Crippen LogP contribution in [0.25, 0.3) is 0 Å². The summed E-state index contributed by atoms with van der Waals surface area (Å²) in [5.41, 5.74) is 1.62. The molecule has 6 nitrogen and oxygen atoms in total. The fraction of sp³-hybridized carbons (Fsp3) is 0.353. The van der Waals surface area contributed by atoms with Gasteiger partial charge in [-0.3, -0.25) is 9.59 Å². The van der Waals surface area contributed by atoms with E-state index in [4.69, 9.17) is 4.74 Å². The number of thiazole rings is 1. The number of amides is 2. The van der Waals surface area contributed by atoms with Gasteiger partial charge in [0, 0.05) is 17.8 Å². The molecule has 2 amide bonds. The minimum atomic E-state index is -0.549. The molecule has 126 valence electrons. The van der Waals surface area contributed by atoms with Crippen molar-refractivity contribution in [2.24, 2.45) is 0 Å². The SMILES string of the molecule is Cc1nc(NC(=O)CCN2C(=O)[C@H](C)Oc3ccccc32)sc1C. The van der Waals surface area contributed by atoms with Crippen molar-refractivity contribution < 1.29 is 14.3 Å². The van der Waals surface area contributed by atoms with Gasteiger partial charge < -0.3 is 15.0 Å². The maximum Gasteiger partial charge on any atom is 0.267 e. The molecule has 24 heavy (non-hydrogen) atoms. The molecule has 0 radical (unpaired) electrons. The Kier molecular flexibility index (Phi) is 4.53. The van der Waals surface area contributed by atoms with Gasteiger partial charge in [0.25, 0.3) is 5.91 Å². The number of benzene rings is 1. The Balaban J connectivity index is 1.67. The Bertz CT molecular complexity index is 768. The lowest BCUT2D eigenvalue weighted by Crippen LogP contribution is -2.45. The van der Waals surface area contributed by atoms with Crippen molar-refractivity contribution in [2.75, 3.05) is 16.8 Å². The Labute approximate surface area is 144 Å². The number of ether oxygens (including phenoxy) is 1. The standard InChI is InChI=1S/C17H19N3O3S/c1-10-12(3)24-17(18-10)19-15(21)8-9-20-13-6-4-5-7-14(13)23-11(2)16(20)22/h4-7,11H,8-9H2,1-3H3,(H,18,19,21)/t11-/m0/s1. The highest BCUT2D eigenvalue weighted by Crippen LogP contribution is 2.33. The molecule has 1 aliphatic rings. The normalized spacial score (nSPS) is 16.5. The van der Waals surface area contributed by atoms with Crippen LogP contribution in [0.1, 0.15) is 23.9 Å². The molecule has 3 rings (SSSR count). The number of nitrogens with zero attached hydrogens (tertiary/aromatic N) is 2. The Morgan fingerprint density at radius 3 is 2.83 bits per heavy atom. The molecule has 0 saturated heterocycles. The fourth-order valence-electron chi connectivity index (χ4n) is 2.51. The fourth-order valence-corrected chi connectivity index (χ4v) is 3.34. The smallest absolute Gasteiger partial charge is 0.267 e. The topological polar surface area (TPSA) is 71.5 Å². The zero-order valence-corrected chi connectivity index (χ0v) is 14.6. The summed E-state index contributed by atoms with van der Waals surface area (Å²) in [6.45, 7) is 5.89. The molecule has 0 saturated carbocycles. The van der Waals surface area contributed by atoms with Crippen molar-refractivity contribution in [1.82, 2.24) is 4.98 Å². The van der Waals surface area contributed by atoms with Crippen LogP contribution in [0, 0.1) is 13.8 Å². The van der Waals surface area contributed by atoms with E-state index < -0.39 is 6.10 Å². The number of anilines is 2. The lowest BCUT2D eigenvalue weighted by atomic mass is 10.1. The van der Waals surface area contributed by atoms with E-state index in [0.717, 1.165) is 10.6 Å². The number of aromatic nitrogens is 1. The van der Waals surface area contributed by atoms with Crippen LogP contribution in [0.2, 0.25) is 0 Å². The maximum atomic E-state index is 12.4. The molecule has 0 unspecified atom stereocenters. The molecule has 1 aliphatic heterocycles. The number of para-hydroxylation sites is 2. The van der Waals surface area contributed by atoms with Gasteiger partial charge in [-0.25, -0.2) is 4.98 Å². The van der Waals surface area contributed by atoms with Crippen LogP contribution in [0.4, 0.5) is 10.8 Å². The summed E-state index contributed by atoms with van der Waals surface area (Å²) in [7, 11) is 0. The monoisotopic (exact) mass is 345 g/mol. The highest BCUT2D eigenvalue weighted by Gasteiger charge is 2.31.